The number of hydrogen-bond donors (Lipinski definition) is 2. The summed E-state index contributed by atoms with van der Waals surface area (Å²) in [4.78, 5) is 22.1. The van der Waals surface area contributed by atoms with Gasteiger partial charge in [0.25, 0.3) is 0 Å². The number of carboxylic acids is 1. The molecule has 0 aliphatic heterocycles. The maximum absolute atomic E-state index is 11.2. The highest BCUT2D eigenvalue weighted by molar-refractivity contribution is 5.73. The molecule has 5 heteroatoms. The number of aliphatic carboxylic acids is 1. The number of carboxylic acid groups (broad SMARTS) is 1. The van der Waals surface area contributed by atoms with E-state index >= 15 is 0 Å². The first-order valence-corrected chi connectivity index (χ1v) is 5.31. The molecule has 0 unspecified atom stereocenters. The number of ether oxygens (including phenoxy) is 1. The van der Waals surface area contributed by atoms with Gasteiger partial charge in [0.15, 0.2) is 0 Å². The Morgan fingerprint density at radius 1 is 1.40 bits per heavy atom. The van der Waals surface area contributed by atoms with Crippen molar-refractivity contribution in [1.29, 1.82) is 0 Å². The molecule has 0 aromatic rings. The molecule has 0 aromatic heterocycles. The second-order valence-corrected chi connectivity index (χ2v) is 3.70. The van der Waals surface area contributed by atoms with Crippen LogP contribution in [0.3, 0.4) is 0 Å². The van der Waals surface area contributed by atoms with E-state index in [0.717, 1.165) is 19.3 Å². The van der Waals surface area contributed by atoms with Gasteiger partial charge in [-0.3, -0.25) is 4.79 Å². The van der Waals surface area contributed by atoms with Gasteiger partial charge in [-0.15, -0.1) is 0 Å². The Bertz CT molecular complexity index is 242. The summed E-state index contributed by atoms with van der Waals surface area (Å²) in [6.07, 6.45) is 2.71. The average Bonchev–Trinajstić information content (AvgIpc) is 2.18. The lowest BCUT2D eigenvalue weighted by atomic mass is 9.85. The fourth-order valence-electron chi connectivity index (χ4n) is 1.92. The predicted molar refractivity (Wildman–Crippen MR) is 53.5 cm³/mol. The first-order valence-electron chi connectivity index (χ1n) is 5.31. The Kier molecular flexibility index (Phi) is 4.39. The Morgan fingerprint density at radius 2 is 2.07 bits per heavy atom. The molecule has 0 saturated heterocycles. The standard InChI is InChI=1S/C10H17NO4/c1-2-15-10(14)11-8-6-4-3-5-7(8)9(12)13/h7-8H,2-6H2,1H3,(H,11,14)(H,12,13)/t7-,8+/m0/s1. The van der Waals surface area contributed by atoms with Crippen molar-refractivity contribution in [2.75, 3.05) is 6.61 Å². The highest BCUT2D eigenvalue weighted by atomic mass is 16.5. The van der Waals surface area contributed by atoms with Crippen LogP contribution in [0.5, 0.6) is 0 Å². The third kappa shape index (κ3) is 3.42. The minimum atomic E-state index is -0.837. The van der Waals surface area contributed by atoms with Gasteiger partial charge in [-0.2, -0.15) is 0 Å². The smallest absolute Gasteiger partial charge is 0.407 e. The van der Waals surface area contributed by atoms with Crippen molar-refractivity contribution in [3.8, 4) is 0 Å². The van der Waals surface area contributed by atoms with Crippen LogP contribution in [0.4, 0.5) is 4.79 Å². The molecule has 1 saturated carbocycles. The highest BCUT2D eigenvalue weighted by Gasteiger charge is 2.31. The van der Waals surface area contributed by atoms with Crippen LogP contribution >= 0.6 is 0 Å². The number of hydrogen-bond acceptors (Lipinski definition) is 3. The Morgan fingerprint density at radius 3 is 2.67 bits per heavy atom. The number of alkyl carbamates (subject to hydrolysis) is 1. The topological polar surface area (TPSA) is 75.6 Å². The number of rotatable bonds is 3. The Labute approximate surface area is 88.8 Å². The van der Waals surface area contributed by atoms with Crippen LogP contribution in [0.15, 0.2) is 0 Å². The minimum absolute atomic E-state index is 0.282. The lowest BCUT2D eigenvalue weighted by molar-refractivity contribution is -0.143. The number of nitrogens with one attached hydrogen (secondary N) is 1. The van der Waals surface area contributed by atoms with Crippen molar-refractivity contribution >= 4 is 12.1 Å². The Balaban J connectivity index is 2.49. The summed E-state index contributed by atoms with van der Waals surface area (Å²) in [5.41, 5.74) is 0. The van der Waals surface area contributed by atoms with E-state index in [1.165, 1.54) is 0 Å². The van der Waals surface area contributed by atoms with E-state index in [1.807, 2.05) is 0 Å². The highest BCUT2D eigenvalue weighted by Crippen LogP contribution is 2.24. The molecular formula is C10H17NO4. The van der Waals surface area contributed by atoms with E-state index in [9.17, 15) is 9.59 Å². The van der Waals surface area contributed by atoms with E-state index in [2.05, 4.69) is 5.32 Å². The first-order chi connectivity index (χ1) is 7.15. The second-order valence-electron chi connectivity index (χ2n) is 3.70. The van der Waals surface area contributed by atoms with Gasteiger partial charge in [0.2, 0.25) is 0 Å². The van der Waals surface area contributed by atoms with E-state index in [4.69, 9.17) is 9.84 Å². The van der Waals surface area contributed by atoms with E-state index in [-0.39, 0.29) is 6.04 Å². The fourth-order valence-corrected chi connectivity index (χ4v) is 1.92. The largest absolute Gasteiger partial charge is 0.481 e. The normalized spacial score (nSPS) is 25.7. The third-order valence-corrected chi connectivity index (χ3v) is 2.66. The monoisotopic (exact) mass is 215 g/mol. The zero-order chi connectivity index (χ0) is 11.3. The molecular weight excluding hydrogens is 198 g/mol. The van der Waals surface area contributed by atoms with Crippen molar-refractivity contribution in [1.82, 2.24) is 5.32 Å². The molecule has 2 atom stereocenters. The molecule has 1 aliphatic rings. The van der Waals surface area contributed by atoms with Gasteiger partial charge in [0, 0.05) is 6.04 Å². The van der Waals surface area contributed by atoms with Gasteiger partial charge < -0.3 is 15.2 Å². The number of carbonyl (C=O) groups excluding carboxylic acids is 1. The van der Waals surface area contributed by atoms with E-state index in [0.29, 0.717) is 13.0 Å². The van der Waals surface area contributed by atoms with Crippen LogP contribution in [-0.2, 0) is 9.53 Å². The summed E-state index contributed by atoms with van der Waals surface area (Å²) >= 11 is 0. The third-order valence-electron chi connectivity index (χ3n) is 2.66. The van der Waals surface area contributed by atoms with Gasteiger partial charge >= 0.3 is 12.1 Å². The molecule has 2 N–H and O–H groups in total. The number of carbonyl (C=O) groups is 2. The van der Waals surface area contributed by atoms with Crippen LogP contribution in [0.2, 0.25) is 0 Å². The molecule has 1 aliphatic carbocycles. The molecule has 0 spiro atoms. The maximum atomic E-state index is 11.2. The summed E-state index contributed by atoms with van der Waals surface area (Å²) < 4.78 is 4.73. The second kappa shape index (κ2) is 5.58. The lowest BCUT2D eigenvalue weighted by Gasteiger charge is -2.28. The molecule has 86 valence electrons. The summed E-state index contributed by atoms with van der Waals surface area (Å²) in [6, 6.07) is -0.282. The van der Waals surface area contributed by atoms with Crippen LogP contribution in [-0.4, -0.2) is 29.8 Å². The molecule has 0 radical (unpaired) electrons. The fraction of sp³-hybridized carbons (Fsp3) is 0.800. The zero-order valence-corrected chi connectivity index (χ0v) is 8.86. The molecule has 5 nitrogen and oxygen atoms in total. The summed E-state index contributed by atoms with van der Waals surface area (Å²) in [6.45, 7) is 2.02. The summed E-state index contributed by atoms with van der Waals surface area (Å²) in [7, 11) is 0. The minimum Gasteiger partial charge on any atom is -0.481 e. The molecule has 1 fully saturated rings. The van der Waals surface area contributed by atoms with Gasteiger partial charge in [-0.25, -0.2) is 4.79 Å². The van der Waals surface area contributed by atoms with Crippen molar-refractivity contribution in [3.63, 3.8) is 0 Å². The van der Waals surface area contributed by atoms with Crippen molar-refractivity contribution < 1.29 is 19.4 Å². The van der Waals surface area contributed by atoms with Crippen LogP contribution in [0.25, 0.3) is 0 Å². The van der Waals surface area contributed by atoms with Gasteiger partial charge in [-0.1, -0.05) is 12.8 Å². The van der Waals surface area contributed by atoms with Gasteiger partial charge in [0.1, 0.15) is 0 Å². The molecule has 15 heavy (non-hydrogen) atoms. The Hall–Kier alpha value is -1.26. The van der Waals surface area contributed by atoms with E-state index < -0.39 is 18.0 Å². The SMILES string of the molecule is CCOC(=O)N[C@@H]1CCCC[C@@H]1C(=O)O. The van der Waals surface area contributed by atoms with E-state index in [1.54, 1.807) is 6.92 Å². The lowest BCUT2D eigenvalue weighted by Crippen LogP contribution is -2.45. The molecule has 0 bridgehead atoms. The maximum Gasteiger partial charge on any atom is 0.407 e. The van der Waals surface area contributed by atoms with Crippen LogP contribution in [0, 0.1) is 5.92 Å². The van der Waals surface area contributed by atoms with Crippen molar-refractivity contribution in [2.45, 2.75) is 38.6 Å². The van der Waals surface area contributed by atoms with Gasteiger partial charge in [0.05, 0.1) is 12.5 Å². The predicted octanol–water partition coefficient (Wildman–Crippen LogP) is 1.38. The molecule has 1 amide bonds. The molecule has 1 rings (SSSR count). The summed E-state index contributed by atoms with van der Waals surface area (Å²) in [5, 5.41) is 11.6. The number of amides is 1. The average molecular weight is 215 g/mol. The quantitative estimate of drug-likeness (QED) is 0.745. The first kappa shape index (κ1) is 11.8. The zero-order valence-electron chi connectivity index (χ0n) is 8.86. The van der Waals surface area contributed by atoms with Crippen LogP contribution in [0.1, 0.15) is 32.6 Å². The van der Waals surface area contributed by atoms with Crippen molar-refractivity contribution in [2.24, 2.45) is 5.92 Å². The molecule has 0 aromatic carbocycles. The van der Waals surface area contributed by atoms with Crippen molar-refractivity contribution in [3.05, 3.63) is 0 Å². The van der Waals surface area contributed by atoms with Gasteiger partial charge in [-0.05, 0) is 19.8 Å². The summed E-state index contributed by atoms with van der Waals surface area (Å²) in [5.74, 6) is -1.31. The molecule has 0 heterocycles. The van der Waals surface area contributed by atoms with Crippen LogP contribution < -0.4 is 5.32 Å².